The lowest BCUT2D eigenvalue weighted by molar-refractivity contribution is 0.235. The first-order valence-electron chi connectivity index (χ1n) is 6.93. The van der Waals surface area contributed by atoms with Crippen LogP contribution in [0.15, 0.2) is 54.6 Å². The smallest absolute Gasteiger partial charge is 0.315 e. The fourth-order valence-corrected chi connectivity index (χ4v) is 2.22. The second kappa shape index (κ2) is 7.14. The molecule has 21 heavy (non-hydrogen) atoms. The van der Waals surface area contributed by atoms with Crippen molar-refractivity contribution in [2.75, 3.05) is 0 Å². The van der Waals surface area contributed by atoms with Gasteiger partial charge < -0.3 is 10.6 Å². The minimum absolute atomic E-state index is 0.0383. The first-order chi connectivity index (χ1) is 10.1. The van der Waals surface area contributed by atoms with Gasteiger partial charge in [0.1, 0.15) is 0 Å². The largest absolute Gasteiger partial charge is 0.332 e. The molecule has 0 fully saturated rings. The quantitative estimate of drug-likeness (QED) is 0.860. The molecule has 0 bridgehead atoms. The van der Waals surface area contributed by atoms with Gasteiger partial charge in [-0.3, -0.25) is 0 Å². The van der Waals surface area contributed by atoms with Crippen molar-refractivity contribution in [1.29, 1.82) is 0 Å². The molecule has 2 aromatic rings. The molecule has 2 rings (SSSR count). The van der Waals surface area contributed by atoms with Crippen LogP contribution >= 0.6 is 11.6 Å². The molecule has 0 aromatic heterocycles. The van der Waals surface area contributed by atoms with E-state index in [4.69, 9.17) is 11.6 Å². The first-order valence-corrected chi connectivity index (χ1v) is 7.31. The molecular weight excluding hydrogens is 284 g/mol. The maximum atomic E-state index is 12.0. The molecule has 110 valence electrons. The van der Waals surface area contributed by atoms with Gasteiger partial charge in [-0.2, -0.15) is 0 Å². The summed E-state index contributed by atoms with van der Waals surface area (Å²) in [4.78, 5) is 12.0. The molecule has 0 saturated heterocycles. The van der Waals surface area contributed by atoms with Gasteiger partial charge in [-0.25, -0.2) is 4.79 Å². The minimum atomic E-state index is -0.186. The van der Waals surface area contributed by atoms with Gasteiger partial charge >= 0.3 is 6.03 Å². The van der Waals surface area contributed by atoms with Gasteiger partial charge in [-0.1, -0.05) is 54.1 Å². The van der Waals surface area contributed by atoms with Crippen LogP contribution in [0.3, 0.4) is 0 Å². The van der Waals surface area contributed by atoms with Crippen molar-refractivity contribution in [3.05, 3.63) is 70.7 Å². The molecule has 2 amide bonds. The number of halogens is 1. The normalized spacial score (nSPS) is 13.3. The van der Waals surface area contributed by atoms with Crippen LogP contribution in [0.2, 0.25) is 5.02 Å². The molecule has 0 spiro atoms. The van der Waals surface area contributed by atoms with Gasteiger partial charge in [0.25, 0.3) is 0 Å². The van der Waals surface area contributed by atoms with Crippen LogP contribution in [-0.2, 0) is 0 Å². The lowest BCUT2D eigenvalue weighted by Crippen LogP contribution is -2.38. The molecule has 2 N–H and O–H groups in total. The number of benzene rings is 2. The Labute approximate surface area is 130 Å². The van der Waals surface area contributed by atoms with Gasteiger partial charge in [0, 0.05) is 5.02 Å². The topological polar surface area (TPSA) is 41.1 Å². The number of urea groups is 1. The van der Waals surface area contributed by atoms with E-state index < -0.39 is 0 Å². The summed E-state index contributed by atoms with van der Waals surface area (Å²) in [5.41, 5.74) is 2.09. The van der Waals surface area contributed by atoms with Gasteiger partial charge in [0.05, 0.1) is 12.1 Å². The number of hydrogen-bond donors (Lipinski definition) is 2. The van der Waals surface area contributed by atoms with E-state index in [0.29, 0.717) is 5.02 Å². The van der Waals surface area contributed by atoms with E-state index in [0.717, 1.165) is 11.1 Å². The molecule has 2 unspecified atom stereocenters. The van der Waals surface area contributed by atoms with E-state index in [2.05, 4.69) is 10.6 Å². The highest BCUT2D eigenvalue weighted by molar-refractivity contribution is 6.30. The number of carbonyl (C=O) groups is 1. The Morgan fingerprint density at radius 3 is 1.86 bits per heavy atom. The van der Waals surface area contributed by atoms with E-state index in [1.165, 1.54) is 0 Å². The van der Waals surface area contributed by atoms with E-state index >= 15 is 0 Å². The summed E-state index contributed by atoms with van der Waals surface area (Å²) in [7, 11) is 0. The van der Waals surface area contributed by atoms with Gasteiger partial charge in [0.2, 0.25) is 0 Å². The van der Waals surface area contributed by atoms with Crippen molar-refractivity contribution in [3.8, 4) is 0 Å². The third-order valence-electron chi connectivity index (χ3n) is 3.36. The number of rotatable bonds is 4. The minimum Gasteiger partial charge on any atom is -0.332 e. The third kappa shape index (κ3) is 4.50. The van der Waals surface area contributed by atoms with Crippen molar-refractivity contribution >= 4 is 17.6 Å². The first kappa shape index (κ1) is 15.4. The summed E-state index contributed by atoms with van der Waals surface area (Å²) < 4.78 is 0. The molecule has 0 aliphatic rings. The maximum absolute atomic E-state index is 12.0. The molecule has 0 heterocycles. The van der Waals surface area contributed by atoms with Crippen LogP contribution in [0.25, 0.3) is 0 Å². The van der Waals surface area contributed by atoms with Crippen LogP contribution < -0.4 is 10.6 Å². The molecule has 0 radical (unpaired) electrons. The second-order valence-corrected chi connectivity index (χ2v) is 5.46. The predicted molar refractivity (Wildman–Crippen MR) is 86.4 cm³/mol. The summed E-state index contributed by atoms with van der Waals surface area (Å²) in [6, 6.07) is 17.0. The number of nitrogens with one attached hydrogen (secondary N) is 2. The van der Waals surface area contributed by atoms with E-state index in [-0.39, 0.29) is 18.1 Å². The monoisotopic (exact) mass is 302 g/mol. The summed E-state index contributed by atoms with van der Waals surface area (Å²) in [6.45, 7) is 3.90. The summed E-state index contributed by atoms with van der Waals surface area (Å²) in [5.74, 6) is 0. The Morgan fingerprint density at radius 2 is 1.33 bits per heavy atom. The highest BCUT2D eigenvalue weighted by Gasteiger charge is 2.12. The molecule has 2 aromatic carbocycles. The molecule has 0 saturated carbocycles. The molecule has 0 aliphatic heterocycles. The lowest BCUT2D eigenvalue weighted by Gasteiger charge is -2.19. The Hall–Kier alpha value is -2.00. The summed E-state index contributed by atoms with van der Waals surface area (Å²) in [6.07, 6.45) is 0. The SMILES string of the molecule is CC(NC(=O)NC(C)c1ccc(Cl)cc1)c1ccccc1. The number of hydrogen-bond acceptors (Lipinski definition) is 1. The second-order valence-electron chi connectivity index (χ2n) is 5.02. The zero-order valence-electron chi connectivity index (χ0n) is 12.1. The molecular formula is C17H19ClN2O. The van der Waals surface area contributed by atoms with Gasteiger partial charge in [-0.15, -0.1) is 0 Å². The van der Waals surface area contributed by atoms with Crippen LogP contribution in [0.1, 0.15) is 37.1 Å². The predicted octanol–water partition coefficient (Wildman–Crippen LogP) is 4.46. The Balaban J connectivity index is 1.91. The zero-order valence-corrected chi connectivity index (χ0v) is 12.9. The van der Waals surface area contributed by atoms with Crippen molar-refractivity contribution in [2.24, 2.45) is 0 Å². The van der Waals surface area contributed by atoms with Crippen molar-refractivity contribution in [1.82, 2.24) is 10.6 Å². The number of carbonyl (C=O) groups excluding carboxylic acids is 1. The van der Waals surface area contributed by atoms with Crippen LogP contribution in [-0.4, -0.2) is 6.03 Å². The van der Waals surface area contributed by atoms with E-state index in [1.54, 1.807) is 0 Å². The van der Waals surface area contributed by atoms with Crippen molar-refractivity contribution < 1.29 is 4.79 Å². The Morgan fingerprint density at radius 1 is 0.857 bits per heavy atom. The van der Waals surface area contributed by atoms with E-state index in [1.807, 2.05) is 68.4 Å². The lowest BCUT2D eigenvalue weighted by atomic mass is 10.1. The summed E-state index contributed by atoms with van der Waals surface area (Å²) in [5, 5.41) is 6.54. The van der Waals surface area contributed by atoms with Crippen LogP contribution in [0.5, 0.6) is 0 Å². The van der Waals surface area contributed by atoms with Crippen molar-refractivity contribution in [2.45, 2.75) is 25.9 Å². The Kier molecular flexibility index (Phi) is 5.23. The number of amides is 2. The Bertz CT molecular complexity index is 583. The average Bonchev–Trinajstić information content (AvgIpc) is 2.48. The fraction of sp³-hybridized carbons (Fsp3) is 0.235. The standard InChI is InChI=1S/C17H19ClN2O/c1-12(14-6-4-3-5-7-14)19-17(21)20-13(2)15-8-10-16(18)11-9-15/h3-13H,1-2H3,(H2,19,20,21). The maximum Gasteiger partial charge on any atom is 0.315 e. The fourth-order valence-electron chi connectivity index (χ4n) is 2.09. The van der Waals surface area contributed by atoms with Crippen LogP contribution in [0, 0.1) is 0 Å². The highest BCUT2D eigenvalue weighted by atomic mass is 35.5. The van der Waals surface area contributed by atoms with Gasteiger partial charge in [0.15, 0.2) is 0 Å². The molecule has 0 aliphatic carbocycles. The van der Waals surface area contributed by atoms with Crippen molar-refractivity contribution in [3.63, 3.8) is 0 Å². The average molecular weight is 303 g/mol. The zero-order chi connectivity index (χ0) is 15.2. The van der Waals surface area contributed by atoms with E-state index in [9.17, 15) is 4.79 Å². The summed E-state index contributed by atoms with van der Waals surface area (Å²) >= 11 is 5.86. The highest BCUT2D eigenvalue weighted by Crippen LogP contribution is 2.16. The molecule has 3 nitrogen and oxygen atoms in total. The van der Waals surface area contributed by atoms with Crippen LogP contribution in [0.4, 0.5) is 4.79 Å². The van der Waals surface area contributed by atoms with Gasteiger partial charge in [-0.05, 0) is 37.1 Å². The molecule has 4 heteroatoms. The molecule has 2 atom stereocenters. The third-order valence-corrected chi connectivity index (χ3v) is 3.62.